The van der Waals surface area contributed by atoms with Gasteiger partial charge < -0.3 is 19.4 Å². The molecule has 0 spiro atoms. The van der Waals surface area contributed by atoms with E-state index >= 15 is 0 Å². The van der Waals surface area contributed by atoms with Crippen LogP contribution in [0.5, 0.6) is 6.01 Å². The van der Waals surface area contributed by atoms with Crippen LogP contribution in [0, 0.1) is 0 Å². The lowest BCUT2D eigenvalue weighted by atomic mass is 10.1. The first kappa shape index (κ1) is 19.4. The van der Waals surface area contributed by atoms with Crippen molar-refractivity contribution < 1.29 is 9.53 Å². The van der Waals surface area contributed by atoms with Crippen LogP contribution in [0.1, 0.15) is 36.0 Å². The van der Waals surface area contributed by atoms with Crippen LogP contribution in [-0.4, -0.2) is 72.1 Å². The van der Waals surface area contributed by atoms with E-state index in [1.54, 1.807) is 12.4 Å². The van der Waals surface area contributed by atoms with Gasteiger partial charge in [-0.05, 0) is 31.0 Å². The molecule has 2 fully saturated rings. The lowest BCUT2D eigenvalue weighted by Crippen LogP contribution is -2.39. The molecule has 2 aliphatic heterocycles. The summed E-state index contributed by atoms with van der Waals surface area (Å²) in [6, 6.07) is 6.14. The first-order valence-corrected chi connectivity index (χ1v) is 10.3. The van der Waals surface area contributed by atoms with Crippen molar-refractivity contribution in [3.63, 3.8) is 0 Å². The number of anilines is 2. The van der Waals surface area contributed by atoms with Crippen LogP contribution in [0.25, 0.3) is 0 Å². The molecule has 2 saturated heterocycles. The monoisotopic (exact) mass is 396 g/mol. The molecule has 0 aliphatic carbocycles. The highest BCUT2D eigenvalue weighted by Gasteiger charge is 2.24. The first-order valence-electron chi connectivity index (χ1n) is 10.3. The zero-order chi connectivity index (χ0) is 20.2. The van der Waals surface area contributed by atoms with E-state index in [2.05, 4.69) is 19.9 Å². The smallest absolute Gasteiger partial charge is 0.318 e. The van der Waals surface area contributed by atoms with Crippen LogP contribution >= 0.6 is 0 Å². The molecular weight excluding hydrogens is 368 g/mol. The minimum Gasteiger partial charge on any atom is -0.460 e. The Morgan fingerprint density at radius 3 is 2.48 bits per heavy atom. The highest BCUT2D eigenvalue weighted by atomic mass is 16.5. The number of ether oxygens (including phenoxy) is 1. The van der Waals surface area contributed by atoms with Gasteiger partial charge in [0.2, 0.25) is 0 Å². The van der Waals surface area contributed by atoms with Gasteiger partial charge in [0.05, 0.1) is 5.56 Å². The van der Waals surface area contributed by atoms with Gasteiger partial charge in [0.1, 0.15) is 17.7 Å². The summed E-state index contributed by atoms with van der Waals surface area (Å²) in [5.41, 5.74) is 0.673. The van der Waals surface area contributed by atoms with E-state index in [1.807, 2.05) is 42.1 Å². The summed E-state index contributed by atoms with van der Waals surface area (Å²) in [5, 5.41) is 0. The molecule has 0 saturated carbocycles. The van der Waals surface area contributed by atoms with Crippen molar-refractivity contribution in [2.24, 2.45) is 0 Å². The minimum atomic E-state index is 0.0913. The molecule has 2 aromatic rings. The number of likely N-dealkylation sites (tertiary alicyclic amines) is 1. The first-order chi connectivity index (χ1) is 14.1. The molecule has 0 radical (unpaired) electrons. The molecule has 2 aliphatic rings. The fraction of sp³-hybridized carbons (Fsp3) is 0.524. The largest absolute Gasteiger partial charge is 0.460 e. The number of piperidine rings is 1. The molecular formula is C21H28N6O2. The maximum Gasteiger partial charge on any atom is 0.318 e. The molecule has 8 heteroatoms. The second-order valence-electron chi connectivity index (χ2n) is 7.80. The Kier molecular flexibility index (Phi) is 5.78. The average Bonchev–Trinajstić information content (AvgIpc) is 3.29. The summed E-state index contributed by atoms with van der Waals surface area (Å²) in [7, 11) is 3.89. The molecule has 29 heavy (non-hydrogen) atoms. The molecule has 8 nitrogen and oxygen atoms in total. The van der Waals surface area contributed by atoms with E-state index in [0.717, 1.165) is 63.5 Å². The van der Waals surface area contributed by atoms with Crippen molar-refractivity contribution in [3.05, 3.63) is 36.2 Å². The van der Waals surface area contributed by atoms with Gasteiger partial charge in [-0.2, -0.15) is 4.98 Å². The van der Waals surface area contributed by atoms with Crippen molar-refractivity contribution >= 4 is 17.5 Å². The van der Waals surface area contributed by atoms with Crippen molar-refractivity contribution in [3.8, 4) is 6.01 Å². The van der Waals surface area contributed by atoms with Gasteiger partial charge in [0.25, 0.3) is 5.91 Å². The van der Waals surface area contributed by atoms with E-state index in [1.165, 1.54) is 0 Å². The average molecular weight is 396 g/mol. The lowest BCUT2D eigenvalue weighted by molar-refractivity contribution is 0.0792. The van der Waals surface area contributed by atoms with Gasteiger partial charge in [-0.25, -0.2) is 9.97 Å². The number of amides is 1. The Bertz CT molecular complexity index is 827. The van der Waals surface area contributed by atoms with Gasteiger partial charge >= 0.3 is 6.01 Å². The molecule has 0 N–H and O–H groups in total. The Hall–Kier alpha value is -2.90. The summed E-state index contributed by atoms with van der Waals surface area (Å²) in [6.07, 6.45) is 7.48. The number of carbonyl (C=O) groups excluding carboxylic acids is 1. The summed E-state index contributed by atoms with van der Waals surface area (Å²) >= 11 is 0. The van der Waals surface area contributed by atoms with Crippen LogP contribution in [0.3, 0.4) is 0 Å². The number of carbonyl (C=O) groups is 1. The van der Waals surface area contributed by atoms with E-state index < -0.39 is 0 Å². The number of hydrogen-bond acceptors (Lipinski definition) is 7. The number of aromatic nitrogens is 3. The number of hydrogen-bond donors (Lipinski definition) is 0. The zero-order valence-electron chi connectivity index (χ0n) is 17.1. The molecule has 0 unspecified atom stereocenters. The van der Waals surface area contributed by atoms with Crippen molar-refractivity contribution in [2.75, 3.05) is 50.1 Å². The number of nitrogens with zero attached hydrogens (tertiary/aromatic N) is 6. The summed E-state index contributed by atoms with van der Waals surface area (Å²) < 4.78 is 5.99. The molecule has 0 bridgehead atoms. The van der Waals surface area contributed by atoms with Crippen molar-refractivity contribution in [1.29, 1.82) is 0 Å². The highest BCUT2D eigenvalue weighted by Crippen LogP contribution is 2.22. The van der Waals surface area contributed by atoms with Crippen LogP contribution < -0.4 is 14.5 Å². The number of rotatable bonds is 5. The van der Waals surface area contributed by atoms with Gasteiger partial charge in [-0.1, -0.05) is 0 Å². The van der Waals surface area contributed by atoms with Gasteiger partial charge in [-0.3, -0.25) is 4.79 Å². The Balaban J connectivity index is 1.31. The Morgan fingerprint density at radius 2 is 1.83 bits per heavy atom. The van der Waals surface area contributed by atoms with Crippen molar-refractivity contribution in [2.45, 2.75) is 31.8 Å². The molecule has 4 heterocycles. The fourth-order valence-electron chi connectivity index (χ4n) is 3.79. The SMILES string of the molecule is CN(C)c1ccnc(OC2CCN(c3ccc(C(=O)N4CCCC4)cn3)CC2)n1. The lowest BCUT2D eigenvalue weighted by Gasteiger charge is -2.32. The minimum absolute atomic E-state index is 0.0913. The molecule has 0 atom stereocenters. The van der Waals surface area contributed by atoms with Crippen LogP contribution in [-0.2, 0) is 0 Å². The summed E-state index contributed by atoms with van der Waals surface area (Å²) in [6.45, 7) is 3.42. The maximum absolute atomic E-state index is 12.5. The zero-order valence-corrected chi connectivity index (χ0v) is 17.1. The van der Waals surface area contributed by atoms with Crippen molar-refractivity contribution in [1.82, 2.24) is 19.9 Å². The molecule has 2 aromatic heterocycles. The predicted octanol–water partition coefficient (Wildman–Crippen LogP) is 2.22. The second-order valence-corrected chi connectivity index (χ2v) is 7.80. The molecule has 1 amide bonds. The third kappa shape index (κ3) is 4.58. The van der Waals surface area contributed by atoms with Crippen LogP contribution in [0.4, 0.5) is 11.6 Å². The predicted molar refractivity (Wildman–Crippen MR) is 112 cm³/mol. The van der Waals surface area contributed by atoms with Crippen LogP contribution in [0.2, 0.25) is 0 Å². The van der Waals surface area contributed by atoms with E-state index in [9.17, 15) is 4.79 Å². The third-order valence-electron chi connectivity index (χ3n) is 5.50. The van der Waals surface area contributed by atoms with Crippen LogP contribution in [0.15, 0.2) is 30.6 Å². The standard InChI is InChI=1S/C21H28N6O2/c1-25(2)19-7-10-22-21(24-19)29-17-8-13-26(14-9-17)18-6-5-16(15-23-18)20(28)27-11-3-4-12-27/h5-7,10,15,17H,3-4,8-9,11-14H2,1-2H3. The summed E-state index contributed by atoms with van der Waals surface area (Å²) in [4.78, 5) is 31.7. The van der Waals surface area contributed by atoms with Gasteiger partial charge in [0, 0.05) is 65.5 Å². The third-order valence-corrected chi connectivity index (χ3v) is 5.50. The quantitative estimate of drug-likeness (QED) is 0.767. The maximum atomic E-state index is 12.5. The second kappa shape index (κ2) is 8.63. The van der Waals surface area contributed by atoms with Gasteiger partial charge in [-0.15, -0.1) is 0 Å². The Labute approximate surface area is 171 Å². The van der Waals surface area contributed by atoms with E-state index in [-0.39, 0.29) is 12.0 Å². The highest BCUT2D eigenvalue weighted by molar-refractivity contribution is 5.94. The fourth-order valence-corrected chi connectivity index (χ4v) is 3.79. The Morgan fingerprint density at radius 1 is 1.07 bits per heavy atom. The number of pyridine rings is 1. The van der Waals surface area contributed by atoms with Gasteiger partial charge in [0.15, 0.2) is 0 Å². The normalized spacial score (nSPS) is 17.4. The van der Waals surface area contributed by atoms with E-state index in [4.69, 9.17) is 4.74 Å². The molecule has 154 valence electrons. The topological polar surface area (TPSA) is 74.7 Å². The molecule has 0 aromatic carbocycles. The van der Waals surface area contributed by atoms with E-state index in [0.29, 0.717) is 11.6 Å². The molecule has 4 rings (SSSR count). The summed E-state index contributed by atoms with van der Waals surface area (Å²) in [5.74, 6) is 1.83.